The van der Waals surface area contributed by atoms with Gasteiger partial charge in [-0.25, -0.2) is 0 Å². The Morgan fingerprint density at radius 1 is 1.21 bits per heavy atom. The summed E-state index contributed by atoms with van der Waals surface area (Å²) in [5.41, 5.74) is 1.65. The minimum absolute atomic E-state index is 0.760. The van der Waals surface area contributed by atoms with E-state index < -0.39 is 0 Å². The molecule has 3 aliphatic rings. The van der Waals surface area contributed by atoms with E-state index in [0.717, 1.165) is 18.6 Å². The van der Waals surface area contributed by atoms with Gasteiger partial charge in [0.15, 0.2) is 0 Å². The van der Waals surface area contributed by atoms with E-state index in [2.05, 4.69) is 27.6 Å². The van der Waals surface area contributed by atoms with E-state index in [1.807, 2.05) is 0 Å². The number of piperidine rings is 1. The minimum atomic E-state index is 0.760. The third kappa shape index (κ3) is 2.48. The van der Waals surface area contributed by atoms with Crippen molar-refractivity contribution in [2.24, 2.45) is 0 Å². The second-order valence-electron chi connectivity index (χ2n) is 6.45. The molecule has 2 saturated heterocycles. The standard InChI is InChI=1S/C16H24N2S/c1-3-12-9-15(19-16(12)5-1)11-17-13-6-8-18-7-2-4-14(18)10-13/h9,13-14,17H,1-8,10-11H2. The molecule has 1 N–H and O–H groups in total. The summed E-state index contributed by atoms with van der Waals surface area (Å²) < 4.78 is 0. The van der Waals surface area contributed by atoms with Gasteiger partial charge in [0.05, 0.1) is 0 Å². The zero-order valence-corrected chi connectivity index (χ0v) is 12.5. The molecule has 2 aliphatic heterocycles. The van der Waals surface area contributed by atoms with Crippen molar-refractivity contribution >= 4 is 11.3 Å². The molecule has 1 aromatic heterocycles. The van der Waals surface area contributed by atoms with Gasteiger partial charge in [-0.2, -0.15) is 0 Å². The number of nitrogens with zero attached hydrogens (tertiary/aromatic N) is 1. The van der Waals surface area contributed by atoms with Crippen LogP contribution in [0.4, 0.5) is 0 Å². The first kappa shape index (κ1) is 12.4. The van der Waals surface area contributed by atoms with E-state index in [1.54, 1.807) is 15.3 Å². The van der Waals surface area contributed by atoms with Crippen molar-refractivity contribution < 1.29 is 0 Å². The van der Waals surface area contributed by atoms with Crippen molar-refractivity contribution in [2.75, 3.05) is 13.1 Å². The van der Waals surface area contributed by atoms with Crippen LogP contribution < -0.4 is 5.32 Å². The molecule has 0 amide bonds. The first-order valence-corrected chi connectivity index (χ1v) is 8.78. The third-order valence-corrected chi connectivity index (χ3v) is 6.42. The Morgan fingerprint density at radius 3 is 3.16 bits per heavy atom. The molecule has 0 radical (unpaired) electrons. The minimum Gasteiger partial charge on any atom is -0.309 e. The highest BCUT2D eigenvalue weighted by Crippen LogP contribution is 2.31. The number of thiophene rings is 1. The summed E-state index contributed by atoms with van der Waals surface area (Å²) in [5, 5.41) is 3.82. The highest BCUT2D eigenvalue weighted by Gasteiger charge is 2.31. The fourth-order valence-corrected chi connectivity index (χ4v) is 5.34. The van der Waals surface area contributed by atoms with Crippen LogP contribution in [0.15, 0.2) is 6.07 Å². The summed E-state index contributed by atoms with van der Waals surface area (Å²) in [6.07, 6.45) is 9.63. The van der Waals surface area contributed by atoms with Crippen LogP contribution in [-0.4, -0.2) is 30.1 Å². The Balaban J connectivity index is 1.32. The fraction of sp³-hybridized carbons (Fsp3) is 0.750. The van der Waals surface area contributed by atoms with Gasteiger partial charge in [0.2, 0.25) is 0 Å². The zero-order valence-electron chi connectivity index (χ0n) is 11.7. The van der Waals surface area contributed by atoms with Crippen LogP contribution in [0.25, 0.3) is 0 Å². The van der Waals surface area contributed by atoms with Crippen LogP contribution >= 0.6 is 11.3 Å². The lowest BCUT2D eigenvalue weighted by molar-refractivity contribution is 0.166. The molecule has 3 heteroatoms. The maximum absolute atomic E-state index is 3.82. The van der Waals surface area contributed by atoms with Gasteiger partial charge in [-0.05, 0) is 69.7 Å². The third-order valence-electron chi connectivity index (χ3n) is 5.18. The number of hydrogen-bond donors (Lipinski definition) is 1. The van der Waals surface area contributed by atoms with E-state index in [9.17, 15) is 0 Å². The molecule has 19 heavy (non-hydrogen) atoms. The molecule has 1 aromatic rings. The molecule has 104 valence electrons. The SMILES string of the molecule is c1c(CNC2CCN3CCCC3C2)sc2c1CCC2. The molecule has 0 aromatic carbocycles. The summed E-state index contributed by atoms with van der Waals surface area (Å²) >= 11 is 2.06. The van der Waals surface area contributed by atoms with E-state index >= 15 is 0 Å². The van der Waals surface area contributed by atoms with Gasteiger partial charge in [-0.3, -0.25) is 0 Å². The second kappa shape index (κ2) is 5.19. The fourth-order valence-electron chi connectivity index (χ4n) is 4.13. The molecule has 2 atom stereocenters. The number of fused-ring (bicyclic) bond motifs is 2. The molecule has 0 saturated carbocycles. The molecule has 0 spiro atoms. The lowest BCUT2D eigenvalue weighted by atomic mass is 9.97. The summed E-state index contributed by atoms with van der Waals surface area (Å²) in [5.74, 6) is 0. The van der Waals surface area contributed by atoms with Gasteiger partial charge in [-0.15, -0.1) is 11.3 Å². The topological polar surface area (TPSA) is 15.3 Å². The average Bonchev–Trinajstić information content (AvgIpc) is 3.10. The van der Waals surface area contributed by atoms with Gasteiger partial charge >= 0.3 is 0 Å². The van der Waals surface area contributed by atoms with Crippen LogP contribution in [-0.2, 0) is 19.4 Å². The molecule has 0 bridgehead atoms. The Kier molecular flexibility index (Phi) is 3.38. The Bertz CT molecular complexity index is 432. The summed E-state index contributed by atoms with van der Waals surface area (Å²) in [7, 11) is 0. The molecule has 1 aliphatic carbocycles. The first-order valence-electron chi connectivity index (χ1n) is 7.96. The average molecular weight is 276 g/mol. The van der Waals surface area contributed by atoms with Crippen molar-refractivity contribution in [3.8, 4) is 0 Å². The Hall–Kier alpha value is -0.380. The highest BCUT2D eigenvalue weighted by molar-refractivity contribution is 7.12. The summed E-state index contributed by atoms with van der Waals surface area (Å²) in [4.78, 5) is 5.94. The molecule has 4 rings (SSSR count). The van der Waals surface area contributed by atoms with Crippen molar-refractivity contribution in [2.45, 2.75) is 63.6 Å². The molecule has 2 nitrogen and oxygen atoms in total. The second-order valence-corrected chi connectivity index (χ2v) is 7.67. The summed E-state index contributed by atoms with van der Waals surface area (Å²) in [6.45, 7) is 3.79. The van der Waals surface area contributed by atoms with Gasteiger partial charge in [0.1, 0.15) is 0 Å². The molecule has 2 fully saturated rings. The van der Waals surface area contributed by atoms with Gasteiger partial charge in [-0.1, -0.05) is 0 Å². The Morgan fingerprint density at radius 2 is 2.21 bits per heavy atom. The van der Waals surface area contributed by atoms with E-state index in [1.165, 1.54) is 58.0 Å². The van der Waals surface area contributed by atoms with Crippen LogP contribution in [0.1, 0.15) is 47.4 Å². The van der Waals surface area contributed by atoms with E-state index in [0.29, 0.717) is 0 Å². The number of aryl methyl sites for hydroxylation is 2. The summed E-state index contributed by atoms with van der Waals surface area (Å²) in [6, 6.07) is 4.11. The van der Waals surface area contributed by atoms with Crippen molar-refractivity contribution in [3.63, 3.8) is 0 Å². The largest absolute Gasteiger partial charge is 0.309 e. The maximum atomic E-state index is 3.82. The predicted molar refractivity (Wildman–Crippen MR) is 80.8 cm³/mol. The van der Waals surface area contributed by atoms with Crippen LogP contribution in [0.2, 0.25) is 0 Å². The van der Waals surface area contributed by atoms with Crippen molar-refractivity contribution in [3.05, 3.63) is 21.4 Å². The van der Waals surface area contributed by atoms with Crippen molar-refractivity contribution in [1.82, 2.24) is 10.2 Å². The van der Waals surface area contributed by atoms with Crippen molar-refractivity contribution in [1.29, 1.82) is 0 Å². The van der Waals surface area contributed by atoms with Crippen LogP contribution in [0.5, 0.6) is 0 Å². The highest BCUT2D eigenvalue weighted by atomic mass is 32.1. The molecule has 3 heterocycles. The Labute approximate surface area is 120 Å². The van der Waals surface area contributed by atoms with Gasteiger partial charge in [0, 0.05) is 28.4 Å². The number of nitrogens with one attached hydrogen (secondary N) is 1. The van der Waals surface area contributed by atoms with Crippen LogP contribution in [0.3, 0.4) is 0 Å². The van der Waals surface area contributed by atoms with Gasteiger partial charge < -0.3 is 10.2 Å². The lowest BCUT2D eigenvalue weighted by Crippen LogP contribution is -2.45. The monoisotopic (exact) mass is 276 g/mol. The maximum Gasteiger partial charge on any atom is 0.0302 e. The predicted octanol–water partition coefficient (Wildman–Crippen LogP) is 2.95. The normalized spacial score (nSPS) is 30.5. The zero-order chi connectivity index (χ0) is 12.7. The number of rotatable bonds is 3. The van der Waals surface area contributed by atoms with E-state index in [4.69, 9.17) is 0 Å². The van der Waals surface area contributed by atoms with E-state index in [-0.39, 0.29) is 0 Å². The van der Waals surface area contributed by atoms with Crippen LogP contribution in [0, 0.1) is 0 Å². The molecule has 2 unspecified atom stereocenters. The quantitative estimate of drug-likeness (QED) is 0.913. The van der Waals surface area contributed by atoms with Gasteiger partial charge in [0.25, 0.3) is 0 Å². The molecular formula is C16H24N2S. The first-order chi connectivity index (χ1) is 9.38. The number of hydrogen-bond acceptors (Lipinski definition) is 3. The smallest absolute Gasteiger partial charge is 0.0302 e. The molecular weight excluding hydrogens is 252 g/mol. The lowest BCUT2D eigenvalue weighted by Gasteiger charge is -2.35.